The van der Waals surface area contributed by atoms with Gasteiger partial charge in [0.15, 0.2) is 6.10 Å². The Labute approximate surface area is 102 Å². The van der Waals surface area contributed by atoms with E-state index in [0.717, 1.165) is 6.07 Å². The van der Waals surface area contributed by atoms with Gasteiger partial charge < -0.3 is 10.2 Å². The maximum absolute atomic E-state index is 12.4. The van der Waals surface area contributed by atoms with E-state index in [-0.39, 0.29) is 9.13 Å². The third kappa shape index (κ3) is 3.08. The molecule has 1 aromatic rings. The molecule has 0 amide bonds. The first kappa shape index (κ1) is 13.2. The zero-order chi connectivity index (χ0) is 12.5. The van der Waals surface area contributed by atoms with E-state index in [1.165, 1.54) is 6.07 Å². The molecule has 0 bridgehead atoms. The van der Waals surface area contributed by atoms with Gasteiger partial charge >= 0.3 is 12.1 Å². The topological polar surface area (TPSA) is 57.5 Å². The molecular weight excluding hydrogens is 340 g/mol. The predicted octanol–water partition coefficient (Wildman–Crippen LogP) is 2.43. The van der Waals surface area contributed by atoms with E-state index in [9.17, 15) is 18.0 Å². The second kappa shape index (κ2) is 4.58. The third-order valence-corrected chi connectivity index (χ3v) is 2.42. The van der Waals surface area contributed by atoms with Gasteiger partial charge in [0.25, 0.3) is 0 Å². The van der Waals surface area contributed by atoms with Crippen molar-refractivity contribution in [2.45, 2.75) is 12.3 Å². The number of hydrogen-bond acceptors (Lipinski definition) is 2. The molecule has 0 saturated heterocycles. The van der Waals surface area contributed by atoms with Gasteiger partial charge in [-0.3, -0.25) is 0 Å². The van der Waals surface area contributed by atoms with E-state index in [0.29, 0.717) is 6.07 Å². The third-order valence-electron chi connectivity index (χ3n) is 1.80. The SMILES string of the molecule is O=C(O)C(O)c1cc(I)cc(C(F)(F)F)c1. The molecule has 2 N–H and O–H groups in total. The van der Waals surface area contributed by atoms with E-state index in [1.807, 2.05) is 0 Å². The van der Waals surface area contributed by atoms with E-state index in [1.54, 1.807) is 22.6 Å². The van der Waals surface area contributed by atoms with Gasteiger partial charge in [-0.2, -0.15) is 13.2 Å². The molecule has 0 saturated carbocycles. The monoisotopic (exact) mass is 346 g/mol. The molecule has 0 fully saturated rings. The van der Waals surface area contributed by atoms with E-state index in [4.69, 9.17) is 10.2 Å². The Kier molecular flexibility index (Phi) is 3.79. The van der Waals surface area contributed by atoms with E-state index < -0.39 is 23.8 Å². The molecule has 0 aromatic heterocycles. The lowest BCUT2D eigenvalue weighted by atomic mass is 10.1. The normalized spacial score (nSPS) is 13.6. The highest BCUT2D eigenvalue weighted by molar-refractivity contribution is 14.1. The van der Waals surface area contributed by atoms with Gasteiger partial charge in [0.05, 0.1) is 5.56 Å². The smallest absolute Gasteiger partial charge is 0.416 e. The molecule has 1 atom stereocenters. The number of rotatable bonds is 2. The van der Waals surface area contributed by atoms with Crippen LogP contribution in [0.1, 0.15) is 17.2 Å². The molecule has 7 heteroatoms. The minimum Gasteiger partial charge on any atom is -0.479 e. The zero-order valence-corrected chi connectivity index (χ0v) is 9.78. The Balaban J connectivity index is 3.23. The lowest BCUT2D eigenvalue weighted by molar-refractivity contribution is -0.147. The first-order valence-electron chi connectivity index (χ1n) is 4.00. The van der Waals surface area contributed by atoms with Crippen LogP contribution in [0.4, 0.5) is 13.2 Å². The van der Waals surface area contributed by atoms with Gasteiger partial charge in [-0.15, -0.1) is 0 Å². The van der Waals surface area contributed by atoms with Crippen LogP contribution < -0.4 is 0 Å². The Morgan fingerprint density at radius 3 is 2.31 bits per heavy atom. The van der Waals surface area contributed by atoms with Crippen molar-refractivity contribution in [3.05, 3.63) is 32.9 Å². The van der Waals surface area contributed by atoms with Crippen LogP contribution >= 0.6 is 22.6 Å². The molecule has 1 unspecified atom stereocenters. The zero-order valence-electron chi connectivity index (χ0n) is 7.62. The predicted molar refractivity (Wildman–Crippen MR) is 56.8 cm³/mol. The molecule has 0 aliphatic heterocycles. The lowest BCUT2D eigenvalue weighted by Gasteiger charge is -2.11. The summed E-state index contributed by atoms with van der Waals surface area (Å²) in [5.74, 6) is -1.59. The summed E-state index contributed by atoms with van der Waals surface area (Å²) in [5, 5.41) is 17.6. The quantitative estimate of drug-likeness (QED) is 0.809. The van der Waals surface area contributed by atoms with Gasteiger partial charge in [0, 0.05) is 3.57 Å². The molecule has 0 aliphatic rings. The number of alkyl halides is 3. The van der Waals surface area contributed by atoms with E-state index >= 15 is 0 Å². The first-order valence-corrected chi connectivity index (χ1v) is 5.08. The van der Waals surface area contributed by atoms with Gasteiger partial charge in [-0.05, 0) is 46.4 Å². The van der Waals surface area contributed by atoms with Crippen LogP contribution in [0.25, 0.3) is 0 Å². The van der Waals surface area contributed by atoms with Crippen molar-refractivity contribution in [3.8, 4) is 0 Å². The fourth-order valence-electron chi connectivity index (χ4n) is 1.08. The Morgan fingerprint density at radius 1 is 1.31 bits per heavy atom. The minimum atomic E-state index is -4.56. The summed E-state index contributed by atoms with van der Waals surface area (Å²) in [5.41, 5.74) is -1.26. The number of carboxylic acid groups (broad SMARTS) is 1. The van der Waals surface area contributed by atoms with Crippen LogP contribution in [-0.4, -0.2) is 16.2 Å². The summed E-state index contributed by atoms with van der Waals surface area (Å²) in [4.78, 5) is 10.4. The lowest BCUT2D eigenvalue weighted by Crippen LogP contribution is -2.13. The highest BCUT2D eigenvalue weighted by Crippen LogP contribution is 2.32. The number of aliphatic hydroxyl groups is 1. The molecule has 16 heavy (non-hydrogen) atoms. The van der Waals surface area contributed by atoms with Crippen molar-refractivity contribution in [1.82, 2.24) is 0 Å². The number of benzene rings is 1. The second-order valence-corrected chi connectivity index (χ2v) is 4.26. The second-order valence-electron chi connectivity index (χ2n) is 3.01. The molecule has 0 spiro atoms. The van der Waals surface area contributed by atoms with Gasteiger partial charge in [0.1, 0.15) is 0 Å². The number of aliphatic hydroxyl groups excluding tert-OH is 1. The maximum atomic E-state index is 12.4. The molecule has 88 valence electrons. The summed E-state index contributed by atoms with van der Waals surface area (Å²) in [6.07, 6.45) is -6.51. The number of hydrogen-bond donors (Lipinski definition) is 2. The summed E-state index contributed by atoms with van der Waals surface area (Å²) >= 11 is 1.62. The fraction of sp³-hybridized carbons (Fsp3) is 0.222. The Morgan fingerprint density at radius 2 is 1.88 bits per heavy atom. The van der Waals surface area contributed by atoms with Crippen molar-refractivity contribution in [2.24, 2.45) is 0 Å². The summed E-state index contributed by atoms with van der Waals surface area (Å²) in [6.45, 7) is 0. The molecule has 3 nitrogen and oxygen atoms in total. The van der Waals surface area contributed by atoms with Crippen molar-refractivity contribution in [3.63, 3.8) is 0 Å². The van der Waals surface area contributed by atoms with E-state index in [2.05, 4.69) is 0 Å². The minimum absolute atomic E-state index is 0.211. The molecule has 1 aromatic carbocycles. The number of halogens is 4. The summed E-state index contributed by atoms with van der Waals surface area (Å²) in [6, 6.07) is 2.69. The van der Waals surface area contributed by atoms with Gasteiger partial charge in [0.2, 0.25) is 0 Å². The Bertz CT molecular complexity index is 417. The molecule has 0 aliphatic carbocycles. The van der Waals surface area contributed by atoms with Crippen LogP contribution in [0, 0.1) is 3.57 Å². The average molecular weight is 346 g/mol. The van der Waals surface area contributed by atoms with Gasteiger partial charge in [-0.25, -0.2) is 4.79 Å². The summed E-state index contributed by atoms with van der Waals surface area (Å²) < 4.78 is 37.4. The van der Waals surface area contributed by atoms with Crippen LogP contribution in [0.15, 0.2) is 18.2 Å². The standard InChI is InChI=1S/C9H6F3IO3/c10-9(11,12)5-1-4(2-6(13)3-5)7(14)8(15)16/h1-3,7,14H,(H,15,16). The van der Waals surface area contributed by atoms with Crippen molar-refractivity contribution in [2.75, 3.05) is 0 Å². The van der Waals surface area contributed by atoms with Crippen molar-refractivity contribution in [1.29, 1.82) is 0 Å². The van der Waals surface area contributed by atoms with Crippen molar-refractivity contribution < 1.29 is 28.2 Å². The number of aliphatic carboxylic acids is 1. The molecule has 1 rings (SSSR count). The first-order chi connectivity index (χ1) is 7.21. The molecular formula is C9H6F3IO3. The van der Waals surface area contributed by atoms with Crippen molar-refractivity contribution >= 4 is 28.6 Å². The largest absolute Gasteiger partial charge is 0.479 e. The highest BCUT2D eigenvalue weighted by atomic mass is 127. The average Bonchev–Trinajstić information content (AvgIpc) is 2.14. The van der Waals surface area contributed by atoms with Crippen LogP contribution in [0.5, 0.6) is 0 Å². The molecule has 0 radical (unpaired) electrons. The highest BCUT2D eigenvalue weighted by Gasteiger charge is 2.32. The molecule has 0 heterocycles. The maximum Gasteiger partial charge on any atom is 0.416 e. The van der Waals surface area contributed by atoms with Gasteiger partial charge in [-0.1, -0.05) is 0 Å². The Hall–Kier alpha value is -0.830. The van der Waals surface area contributed by atoms with Crippen LogP contribution in [-0.2, 0) is 11.0 Å². The number of carboxylic acids is 1. The number of carbonyl (C=O) groups is 1. The summed E-state index contributed by atoms with van der Waals surface area (Å²) in [7, 11) is 0. The fourth-order valence-corrected chi connectivity index (χ4v) is 1.77. The van der Waals surface area contributed by atoms with Crippen LogP contribution in [0.2, 0.25) is 0 Å². The van der Waals surface area contributed by atoms with Crippen LogP contribution in [0.3, 0.4) is 0 Å².